The Balaban J connectivity index is 1.69. The van der Waals surface area contributed by atoms with Gasteiger partial charge in [0, 0.05) is 0 Å². The van der Waals surface area contributed by atoms with Crippen molar-refractivity contribution in [3.05, 3.63) is 0 Å². The number of carbonyl (C=O) groups excluding carboxylic acids is 1. The Morgan fingerprint density at radius 3 is 1.83 bits per heavy atom. The molecular formula is C33H60O2. The van der Waals surface area contributed by atoms with Crippen LogP contribution in [0.15, 0.2) is 0 Å². The van der Waals surface area contributed by atoms with Gasteiger partial charge in [-0.05, 0) is 68.6 Å². The van der Waals surface area contributed by atoms with Crippen LogP contribution in [0.2, 0.25) is 0 Å². The molecule has 0 saturated heterocycles. The zero-order valence-electron chi connectivity index (χ0n) is 23.9. The molecule has 0 aliphatic heterocycles. The fraction of sp³-hybridized carbons (Fsp3) is 0.970. The van der Waals surface area contributed by atoms with E-state index >= 15 is 0 Å². The first-order valence-corrected chi connectivity index (χ1v) is 16.3. The van der Waals surface area contributed by atoms with Crippen LogP contribution in [0.4, 0.5) is 0 Å². The van der Waals surface area contributed by atoms with Gasteiger partial charge in [-0.1, -0.05) is 123 Å². The number of hydrogen-bond donors (Lipinski definition) is 0. The molecule has 0 N–H and O–H groups in total. The zero-order chi connectivity index (χ0) is 24.8. The van der Waals surface area contributed by atoms with Gasteiger partial charge in [0.05, 0.1) is 12.0 Å². The van der Waals surface area contributed by atoms with Crippen molar-refractivity contribution in [3.63, 3.8) is 0 Å². The van der Waals surface area contributed by atoms with Crippen molar-refractivity contribution in [2.45, 2.75) is 174 Å². The Hall–Kier alpha value is -0.530. The van der Waals surface area contributed by atoms with Crippen LogP contribution in [-0.4, -0.2) is 12.6 Å². The molecule has 0 unspecified atom stereocenters. The summed E-state index contributed by atoms with van der Waals surface area (Å²) in [6.07, 6.45) is 32.9. The normalized spacial score (nSPS) is 27.5. The zero-order valence-corrected chi connectivity index (χ0v) is 23.9. The van der Waals surface area contributed by atoms with Crippen LogP contribution in [0.3, 0.4) is 0 Å². The van der Waals surface area contributed by atoms with E-state index in [4.69, 9.17) is 4.74 Å². The van der Waals surface area contributed by atoms with Gasteiger partial charge in [0.15, 0.2) is 0 Å². The fourth-order valence-corrected chi connectivity index (χ4v) is 8.42. The second-order valence-corrected chi connectivity index (χ2v) is 12.9. The Morgan fingerprint density at radius 1 is 0.629 bits per heavy atom. The van der Waals surface area contributed by atoms with Crippen LogP contribution < -0.4 is 0 Å². The number of hydrogen-bond acceptors (Lipinski definition) is 2. The monoisotopic (exact) mass is 488 g/mol. The number of esters is 1. The molecule has 204 valence electrons. The highest BCUT2D eigenvalue weighted by Crippen LogP contribution is 2.61. The quantitative estimate of drug-likeness (QED) is 0.169. The number of ether oxygens (including phenoxy) is 1. The number of rotatable bonds is 15. The molecule has 0 bridgehead atoms. The lowest BCUT2D eigenvalue weighted by molar-refractivity contribution is -0.175. The van der Waals surface area contributed by atoms with E-state index in [1.165, 1.54) is 141 Å². The molecule has 3 aliphatic rings. The van der Waals surface area contributed by atoms with Crippen molar-refractivity contribution in [2.24, 2.45) is 22.7 Å². The van der Waals surface area contributed by atoms with Crippen LogP contribution in [0.25, 0.3) is 0 Å². The van der Waals surface area contributed by atoms with Crippen LogP contribution in [-0.2, 0) is 9.53 Å². The van der Waals surface area contributed by atoms with Crippen molar-refractivity contribution < 1.29 is 9.53 Å². The van der Waals surface area contributed by atoms with Crippen LogP contribution in [0, 0.1) is 22.7 Å². The molecule has 0 atom stereocenters. The molecule has 3 aliphatic carbocycles. The van der Waals surface area contributed by atoms with E-state index in [-0.39, 0.29) is 16.8 Å². The third-order valence-corrected chi connectivity index (χ3v) is 10.7. The molecule has 2 nitrogen and oxygen atoms in total. The SMILES string of the molecule is CCCCCCCCCC1(C2(C(=O)OCCCCC)CCCCC2)CCC(C2CCCCC2)CC1. The van der Waals surface area contributed by atoms with E-state index < -0.39 is 0 Å². The second kappa shape index (κ2) is 15.7. The maximum atomic E-state index is 14.0. The summed E-state index contributed by atoms with van der Waals surface area (Å²) in [6, 6.07) is 0. The summed E-state index contributed by atoms with van der Waals surface area (Å²) in [5.41, 5.74) is 0.0288. The Morgan fingerprint density at radius 2 is 1.17 bits per heavy atom. The Bertz CT molecular complexity index is 562. The first kappa shape index (κ1) is 29.0. The van der Waals surface area contributed by atoms with Gasteiger partial charge in [0.2, 0.25) is 0 Å². The van der Waals surface area contributed by atoms with E-state index in [1.807, 2.05) is 0 Å². The molecule has 2 heteroatoms. The second-order valence-electron chi connectivity index (χ2n) is 12.9. The first-order valence-electron chi connectivity index (χ1n) is 16.3. The summed E-state index contributed by atoms with van der Waals surface area (Å²) < 4.78 is 6.14. The summed E-state index contributed by atoms with van der Waals surface area (Å²) in [6.45, 7) is 5.18. The van der Waals surface area contributed by atoms with E-state index in [0.29, 0.717) is 6.61 Å². The predicted molar refractivity (Wildman–Crippen MR) is 150 cm³/mol. The average molecular weight is 489 g/mol. The van der Waals surface area contributed by atoms with Crippen molar-refractivity contribution in [3.8, 4) is 0 Å². The lowest BCUT2D eigenvalue weighted by Gasteiger charge is -2.55. The highest BCUT2D eigenvalue weighted by molar-refractivity contribution is 5.78. The highest BCUT2D eigenvalue weighted by Gasteiger charge is 2.57. The Kier molecular flexibility index (Phi) is 13.0. The summed E-state index contributed by atoms with van der Waals surface area (Å²) in [5, 5.41) is 0. The van der Waals surface area contributed by atoms with Crippen LogP contribution in [0.5, 0.6) is 0 Å². The third-order valence-electron chi connectivity index (χ3n) is 10.7. The van der Waals surface area contributed by atoms with Gasteiger partial charge in [0.25, 0.3) is 0 Å². The highest BCUT2D eigenvalue weighted by atomic mass is 16.5. The van der Waals surface area contributed by atoms with Gasteiger partial charge >= 0.3 is 5.97 Å². The minimum absolute atomic E-state index is 0.183. The predicted octanol–water partition coefficient (Wildman–Crippen LogP) is 10.6. The number of carbonyl (C=O) groups is 1. The Labute approximate surface area is 219 Å². The minimum atomic E-state index is -0.183. The largest absolute Gasteiger partial charge is 0.465 e. The molecule has 0 spiro atoms. The van der Waals surface area contributed by atoms with Crippen molar-refractivity contribution in [1.29, 1.82) is 0 Å². The van der Waals surface area contributed by atoms with E-state index in [2.05, 4.69) is 13.8 Å². The fourth-order valence-electron chi connectivity index (χ4n) is 8.42. The molecular weight excluding hydrogens is 428 g/mol. The van der Waals surface area contributed by atoms with Gasteiger partial charge in [0.1, 0.15) is 0 Å². The van der Waals surface area contributed by atoms with Crippen LogP contribution >= 0.6 is 0 Å². The molecule has 0 radical (unpaired) electrons. The summed E-state index contributed by atoms with van der Waals surface area (Å²) in [4.78, 5) is 14.0. The average Bonchev–Trinajstić information content (AvgIpc) is 2.91. The molecule has 3 fully saturated rings. The molecule has 0 aromatic carbocycles. The van der Waals surface area contributed by atoms with Gasteiger partial charge in [-0.3, -0.25) is 4.79 Å². The molecule has 0 aromatic heterocycles. The van der Waals surface area contributed by atoms with Gasteiger partial charge in [-0.2, -0.15) is 0 Å². The molecule has 0 aromatic rings. The van der Waals surface area contributed by atoms with Crippen molar-refractivity contribution in [2.75, 3.05) is 6.61 Å². The standard InChI is InChI=1S/C33H60O2/c1-3-5-7-8-9-10-15-23-32(26-21-30(22-27-32)29-19-13-11-14-20-29)33(24-16-12-17-25-33)31(34)35-28-18-6-4-2/h29-30H,3-28H2,1-2H3. The number of unbranched alkanes of at least 4 members (excludes halogenated alkanes) is 8. The van der Waals surface area contributed by atoms with E-state index in [1.54, 1.807) is 0 Å². The van der Waals surface area contributed by atoms with Crippen molar-refractivity contribution in [1.82, 2.24) is 0 Å². The van der Waals surface area contributed by atoms with E-state index in [9.17, 15) is 4.79 Å². The summed E-state index contributed by atoms with van der Waals surface area (Å²) >= 11 is 0. The maximum Gasteiger partial charge on any atom is 0.312 e. The third kappa shape index (κ3) is 7.98. The first-order chi connectivity index (χ1) is 17.2. The van der Waals surface area contributed by atoms with Gasteiger partial charge in [-0.25, -0.2) is 0 Å². The van der Waals surface area contributed by atoms with E-state index in [0.717, 1.165) is 31.1 Å². The smallest absolute Gasteiger partial charge is 0.312 e. The van der Waals surface area contributed by atoms with Crippen LogP contribution in [0.1, 0.15) is 174 Å². The van der Waals surface area contributed by atoms with Gasteiger partial charge in [-0.15, -0.1) is 0 Å². The molecule has 3 rings (SSSR count). The lowest BCUT2D eigenvalue weighted by atomic mass is 9.49. The summed E-state index contributed by atoms with van der Waals surface area (Å²) in [5.74, 6) is 2.12. The molecule has 35 heavy (non-hydrogen) atoms. The summed E-state index contributed by atoms with van der Waals surface area (Å²) in [7, 11) is 0. The molecule has 0 amide bonds. The minimum Gasteiger partial charge on any atom is -0.465 e. The maximum absolute atomic E-state index is 14.0. The lowest BCUT2D eigenvalue weighted by Crippen LogP contribution is -2.52. The van der Waals surface area contributed by atoms with Crippen molar-refractivity contribution >= 4 is 5.97 Å². The topological polar surface area (TPSA) is 26.3 Å². The molecule has 3 saturated carbocycles. The molecule has 0 heterocycles. The van der Waals surface area contributed by atoms with Gasteiger partial charge < -0.3 is 4.74 Å².